The minimum absolute atomic E-state index is 0.452. The van der Waals surface area contributed by atoms with Gasteiger partial charge in [-0.15, -0.1) is 11.8 Å². The Labute approximate surface area is 219 Å². The number of aromatic nitrogens is 2. The second-order valence-electron chi connectivity index (χ2n) is 9.36. The van der Waals surface area contributed by atoms with E-state index in [-0.39, 0.29) is 0 Å². The van der Waals surface area contributed by atoms with E-state index in [9.17, 15) is 26.3 Å². The number of carboxylic acids is 2. The van der Waals surface area contributed by atoms with Crippen LogP contribution in [0.3, 0.4) is 0 Å². The molecule has 1 aromatic rings. The quantitative estimate of drug-likeness (QED) is 0.506. The van der Waals surface area contributed by atoms with Crippen molar-refractivity contribution in [1.29, 1.82) is 0 Å². The van der Waals surface area contributed by atoms with Gasteiger partial charge in [0.15, 0.2) is 0 Å². The Hall–Kier alpha value is -2.04. The van der Waals surface area contributed by atoms with Gasteiger partial charge in [-0.3, -0.25) is 9.58 Å². The van der Waals surface area contributed by atoms with E-state index in [1.54, 1.807) is 0 Å². The zero-order valence-corrected chi connectivity index (χ0v) is 21.7. The summed E-state index contributed by atoms with van der Waals surface area (Å²) in [7, 11) is 2.04. The Balaban J connectivity index is 0.000000301. The van der Waals surface area contributed by atoms with Crippen LogP contribution in [0.5, 0.6) is 0 Å². The molecule has 0 bridgehead atoms. The molecule has 16 heteroatoms. The maximum atomic E-state index is 10.6. The van der Waals surface area contributed by atoms with Crippen molar-refractivity contribution in [3.63, 3.8) is 0 Å². The Morgan fingerprint density at radius 1 is 1.13 bits per heavy atom. The van der Waals surface area contributed by atoms with Crippen LogP contribution in [0.2, 0.25) is 0 Å². The van der Waals surface area contributed by atoms with Gasteiger partial charge in [-0.2, -0.15) is 31.4 Å². The molecule has 1 spiro atoms. The van der Waals surface area contributed by atoms with Gasteiger partial charge in [0, 0.05) is 57.0 Å². The number of ether oxygens (including phenoxy) is 2. The van der Waals surface area contributed by atoms with Crippen molar-refractivity contribution in [2.24, 2.45) is 13.0 Å². The number of nitrogens with zero attached hydrogens (tertiary/aromatic N) is 3. The lowest BCUT2D eigenvalue weighted by atomic mass is 9.92. The molecule has 0 aromatic carbocycles. The van der Waals surface area contributed by atoms with Crippen LogP contribution < -0.4 is 0 Å². The minimum Gasteiger partial charge on any atom is -0.475 e. The van der Waals surface area contributed by atoms with Gasteiger partial charge in [0.25, 0.3) is 0 Å². The minimum atomic E-state index is -5.08. The van der Waals surface area contributed by atoms with E-state index in [1.807, 2.05) is 11.7 Å². The van der Waals surface area contributed by atoms with E-state index >= 15 is 0 Å². The number of hydrogen-bond donors (Lipinski definition) is 2. The van der Waals surface area contributed by atoms with Crippen LogP contribution in [0.1, 0.15) is 30.7 Å². The summed E-state index contributed by atoms with van der Waals surface area (Å²) in [5.41, 5.74) is 2.43. The molecule has 9 nitrogen and oxygen atoms in total. The molecule has 0 aliphatic carbocycles. The molecule has 3 saturated heterocycles. The number of aryl methyl sites for hydroxylation is 2. The first kappa shape index (κ1) is 32.2. The van der Waals surface area contributed by atoms with E-state index in [0.29, 0.717) is 16.8 Å². The topological polar surface area (TPSA) is 114 Å². The fourth-order valence-corrected chi connectivity index (χ4v) is 5.84. The molecular weight excluding hydrogens is 548 g/mol. The Morgan fingerprint density at radius 3 is 2.11 bits per heavy atom. The summed E-state index contributed by atoms with van der Waals surface area (Å²) >= 11 is 2.14. The molecule has 2 N–H and O–H groups in total. The third-order valence-corrected chi connectivity index (χ3v) is 7.65. The predicted molar refractivity (Wildman–Crippen MR) is 124 cm³/mol. The monoisotopic (exact) mass is 579 g/mol. The molecule has 38 heavy (non-hydrogen) atoms. The number of rotatable bonds is 5. The number of carboxylic acid groups (broad SMARTS) is 2. The summed E-state index contributed by atoms with van der Waals surface area (Å²) in [5.74, 6) is -3.63. The van der Waals surface area contributed by atoms with Crippen molar-refractivity contribution in [1.82, 2.24) is 14.7 Å². The summed E-state index contributed by atoms with van der Waals surface area (Å²) in [5, 5.41) is 18.7. The molecule has 218 valence electrons. The number of likely N-dealkylation sites (tertiary alicyclic amines) is 1. The summed E-state index contributed by atoms with van der Waals surface area (Å²) in [6.45, 7) is 8.24. The van der Waals surface area contributed by atoms with Crippen molar-refractivity contribution in [3.8, 4) is 0 Å². The van der Waals surface area contributed by atoms with Crippen LogP contribution in [-0.4, -0.2) is 98.7 Å². The molecule has 4 heterocycles. The van der Waals surface area contributed by atoms with E-state index in [2.05, 4.69) is 34.8 Å². The lowest BCUT2D eigenvalue weighted by Gasteiger charge is -2.47. The van der Waals surface area contributed by atoms with Gasteiger partial charge < -0.3 is 19.7 Å². The standard InChI is InChI=1S/C18H29N3O2S.2C2HF3O2/c1-14-7-16(20(2)19-14)9-21-12-18(13-21)8-17(11-24-18)23-10-15-3-5-22-6-4-15;2*3-2(4,5)1(6)7/h7,15,17H,3-6,8-13H2,1-2H3;2*(H,6,7). The SMILES string of the molecule is Cc1cc(CN2CC3(CC(OCC4CCOCC4)CS3)C2)n(C)n1.O=C(O)C(F)(F)F.O=C(O)C(F)(F)F. The van der Waals surface area contributed by atoms with Crippen LogP contribution in [0.4, 0.5) is 26.3 Å². The third kappa shape index (κ3) is 10.3. The van der Waals surface area contributed by atoms with Crippen LogP contribution in [-0.2, 0) is 32.7 Å². The fraction of sp³-hybridized carbons (Fsp3) is 0.773. The van der Waals surface area contributed by atoms with Crippen molar-refractivity contribution in [3.05, 3.63) is 17.5 Å². The average molecular weight is 580 g/mol. The average Bonchev–Trinajstić information content (AvgIpc) is 3.35. The maximum absolute atomic E-state index is 10.6. The van der Waals surface area contributed by atoms with Crippen molar-refractivity contribution in [2.75, 3.05) is 38.7 Å². The molecule has 1 unspecified atom stereocenters. The summed E-state index contributed by atoms with van der Waals surface area (Å²) in [6.07, 6.45) is -6.15. The van der Waals surface area contributed by atoms with Crippen LogP contribution in [0.15, 0.2) is 6.07 Å². The smallest absolute Gasteiger partial charge is 0.475 e. The molecule has 4 rings (SSSR count). The highest BCUT2D eigenvalue weighted by Gasteiger charge is 2.49. The van der Waals surface area contributed by atoms with Gasteiger partial charge in [0.2, 0.25) is 0 Å². The van der Waals surface area contributed by atoms with Gasteiger partial charge in [-0.25, -0.2) is 9.59 Å². The zero-order chi connectivity index (χ0) is 28.7. The molecule has 0 radical (unpaired) electrons. The molecule has 1 atom stereocenters. The van der Waals surface area contributed by atoms with Gasteiger partial charge in [0.05, 0.1) is 17.5 Å². The molecule has 0 saturated carbocycles. The molecule has 3 fully saturated rings. The van der Waals surface area contributed by atoms with Crippen molar-refractivity contribution in [2.45, 2.75) is 55.9 Å². The second-order valence-corrected chi connectivity index (χ2v) is 10.8. The number of hydrogen-bond acceptors (Lipinski definition) is 7. The first-order chi connectivity index (χ1) is 17.5. The van der Waals surface area contributed by atoms with Gasteiger partial charge in [0.1, 0.15) is 0 Å². The summed E-state index contributed by atoms with van der Waals surface area (Å²) < 4.78 is 77.6. The number of alkyl halides is 6. The van der Waals surface area contributed by atoms with Crippen LogP contribution in [0, 0.1) is 12.8 Å². The molecule has 1 aromatic heterocycles. The Bertz CT molecular complexity index is 906. The highest BCUT2D eigenvalue weighted by molar-refractivity contribution is 8.01. The summed E-state index contributed by atoms with van der Waals surface area (Å²) in [6, 6.07) is 2.20. The van der Waals surface area contributed by atoms with Crippen molar-refractivity contribution >= 4 is 23.7 Å². The van der Waals surface area contributed by atoms with E-state index < -0.39 is 24.3 Å². The van der Waals surface area contributed by atoms with Crippen LogP contribution in [0.25, 0.3) is 0 Å². The first-order valence-corrected chi connectivity index (χ1v) is 12.6. The molecular formula is C22H31F6N3O6S. The van der Waals surface area contributed by atoms with Gasteiger partial charge >= 0.3 is 24.3 Å². The lowest BCUT2D eigenvalue weighted by molar-refractivity contribution is -0.193. The third-order valence-electron chi connectivity index (χ3n) is 6.08. The molecule has 3 aliphatic rings. The Kier molecular flexibility index (Phi) is 11.3. The van der Waals surface area contributed by atoms with E-state index in [1.165, 1.54) is 43.8 Å². The van der Waals surface area contributed by atoms with Gasteiger partial charge in [-0.05, 0) is 38.2 Å². The van der Waals surface area contributed by atoms with Crippen molar-refractivity contribution < 1.29 is 55.6 Å². The maximum Gasteiger partial charge on any atom is 0.490 e. The first-order valence-electron chi connectivity index (χ1n) is 11.7. The number of halogens is 6. The highest BCUT2D eigenvalue weighted by Crippen LogP contribution is 2.46. The lowest BCUT2D eigenvalue weighted by Crippen LogP contribution is -2.58. The van der Waals surface area contributed by atoms with E-state index in [0.717, 1.165) is 32.1 Å². The Morgan fingerprint density at radius 2 is 1.66 bits per heavy atom. The predicted octanol–water partition coefficient (Wildman–Crippen LogP) is 3.50. The zero-order valence-electron chi connectivity index (χ0n) is 20.8. The van der Waals surface area contributed by atoms with E-state index in [4.69, 9.17) is 29.3 Å². The number of aliphatic carboxylic acids is 2. The second kappa shape index (κ2) is 13.3. The van der Waals surface area contributed by atoms with Crippen LogP contribution >= 0.6 is 11.8 Å². The largest absolute Gasteiger partial charge is 0.490 e. The molecule has 3 aliphatic heterocycles. The normalized spacial score (nSPS) is 21.6. The highest BCUT2D eigenvalue weighted by atomic mass is 32.2. The molecule has 0 amide bonds. The summed E-state index contributed by atoms with van der Waals surface area (Å²) in [4.78, 5) is 20.3. The number of thioether (sulfide) groups is 1. The number of carbonyl (C=O) groups is 2. The fourth-order valence-electron chi connectivity index (χ4n) is 4.24. The van der Waals surface area contributed by atoms with Gasteiger partial charge in [-0.1, -0.05) is 0 Å².